The standard InChI is InChI=1S/C14H18F2N2O3/c1-20-12-3-2-11(17-19)10-13(12)21-9-8-18-6-4-14(15,16)5-7-18/h2-3,10H,4-9H2,1H3. The van der Waals surface area contributed by atoms with Gasteiger partial charge in [0.05, 0.1) is 7.11 Å². The van der Waals surface area contributed by atoms with Gasteiger partial charge in [0.15, 0.2) is 11.5 Å². The van der Waals surface area contributed by atoms with E-state index in [9.17, 15) is 13.7 Å². The van der Waals surface area contributed by atoms with Gasteiger partial charge in [0.2, 0.25) is 0 Å². The number of methoxy groups -OCH3 is 1. The van der Waals surface area contributed by atoms with Crippen LogP contribution in [0.15, 0.2) is 23.4 Å². The zero-order valence-corrected chi connectivity index (χ0v) is 11.8. The Hall–Kier alpha value is -1.76. The molecule has 1 saturated heterocycles. The molecular formula is C14H18F2N2O3. The second-order valence-corrected chi connectivity index (χ2v) is 4.97. The first-order valence-electron chi connectivity index (χ1n) is 6.78. The highest BCUT2D eigenvalue weighted by Crippen LogP contribution is 2.31. The van der Waals surface area contributed by atoms with Crippen LogP contribution >= 0.6 is 0 Å². The van der Waals surface area contributed by atoms with Crippen molar-refractivity contribution >= 4 is 5.69 Å². The molecule has 0 saturated carbocycles. The fourth-order valence-electron chi connectivity index (χ4n) is 2.22. The predicted octanol–water partition coefficient (Wildman–Crippen LogP) is 3.20. The van der Waals surface area contributed by atoms with Gasteiger partial charge in [-0.05, 0) is 17.3 Å². The van der Waals surface area contributed by atoms with E-state index in [1.807, 2.05) is 4.90 Å². The molecule has 0 unspecified atom stereocenters. The largest absolute Gasteiger partial charge is 0.493 e. The maximum absolute atomic E-state index is 13.0. The Morgan fingerprint density at radius 1 is 1.29 bits per heavy atom. The number of benzene rings is 1. The molecule has 0 N–H and O–H groups in total. The van der Waals surface area contributed by atoms with Crippen LogP contribution in [0.25, 0.3) is 0 Å². The van der Waals surface area contributed by atoms with Crippen LogP contribution in [-0.4, -0.2) is 44.2 Å². The molecule has 1 aromatic carbocycles. The molecule has 1 aliphatic heterocycles. The van der Waals surface area contributed by atoms with Crippen LogP contribution in [-0.2, 0) is 0 Å². The Balaban J connectivity index is 1.84. The van der Waals surface area contributed by atoms with E-state index in [-0.39, 0.29) is 18.5 Å². The first kappa shape index (κ1) is 15.6. The van der Waals surface area contributed by atoms with Crippen molar-refractivity contribution in [2.45, 2.75) is 18.8 Å². The van der Waals surface area contributed by atoms with Crippen LogP contribution in [0.3, 0.4) is 0 Å². The normalized spacial score (nSPS) is 18.2. The van der Waals surface area contributed by atoms with Gasteiger partial charge in [-0.25, -0.2) is 8.78 Å². The lowest BCUT2D eigenvalue weighted by Crippen LogP contribution is -2.41. The zero-order chi connectivity index (χ0) is 15.3. The molecule has 21 heavy (non-hydrogen) atoms. The molecule has 116 valence electrons. The molecule has 0 amide bonds. The van der Waals surface area contributed by atoms with Gasteiger partial charge in [-0.2, -0.15) is 0 Å². The fraction of sp³-hybridized carbons (Fsp3) is 0.571. The Kier molecular flexibility index (Phi) is 5.06. The summed E-state index contributed by atoms with van der Waals surface area (Å²) in [7, 11) is 1.50. The third-order valence-corrected chi connectivity index (χ3v) is 3.51. The molecule has 1 aromatic rings. The van der Waals surface area contributed by atoms with E-state index < -0.39 is 5.92 Å². The third kappa shape index (κ3) is 4.35. The minimum Gasteiger partial charge on any atom is -0.493 e. The molecule has 0 spiro atoms. The van der Waals surface area contributed by atoms with Gasteiger partial charge in [0, 0.05) is 38.5 Å². The van der Waals surface area contributed by atoms with Gasteiger partial charge in [-0.15, -0.1) is 4.91 Å². The molecule has 0 aliphatic carbocycles. The molecule has 0 bridgehead atoms. The third-order valence-electron chi connectivity index (χ3n) is 3.51. The summed E-state index contributed by atoms with van der Waals surface area (Å²) in [6.07, 6.45) is -0.220. The van der Waals surface area contributed by atoms with Crippen molar-refractivity contribution in [3.8, 4) is 11.5 Å². The number of hydrogen-bond donors (Lipinski definition) is 0. The Morgan fingerprint density at radius 2 is 2.00 bits per heavy atom. The summed E-state index contributed by atoms with van der Waals surface area (Å²) < 4.78 is 36.8. The first-order chi connectivity index (χ1) is 10.0. The lowest BCUT2D eigenvalue weighted by molar-refractivity contribution is -0.0564. The minimum atomic E-state index is -2.54. The van der Waals surface area contributed by atoms with Crippen LogP contribution in [0.4, 0.5) is 14.5 Å². The van der Waals surface area contributed by atoms with Crippen LogP contribution in [0.1, 0.15) is 12.8 Å². The highest BCUT2D eigenvalue weighted by atomic mass is 19.3. The van der Waals surface area contributed by atoms with Crippen molar-refractivity contribution in [1.82, 2.24) is 4.90 Å². The number of nitrogens with zero attached hydrogens (tertiary/aromatic N) is 2. The second kappa shape index (κ2) is 6.80. The van der Waals surface area contributed by atoms with E-state index in [0.29, 0.717) is 37.7 Å². The van der Waals surface area contributed by atoms with Crippen LogP contribution in [0, 0.1) is 4.91 Å². The van der Waals surface area contributed by atoms with Crippen molar-refractivity contribution in [2.75, 3.05) is 33.4 Å². The summed E-state index contributed by atoms with van der Waals surface area (Å²) in [5.74, 6) is -1.60. The number of nitroso groups, excluding NO2 is 1. The van der Waals surface area contributed by atoms with E-state index in [1.165, 1.54) is 19.2 Å². The van der Waals surface area contributed by atoms with Gasteiger partial charge in [-0.3, -0.25) is 4.90 Å². The maximum atomic E-state index is 13.0. The van der Waals surface area contributed by atoms with Crippen molar-refractivity contribution in [3.63, 3.8) is 0 Å². The predicted molar refractivity (Wildman–Crippen MR) is 74.6 cm³/mol. The summed E-state index contributed by atoms with van der Waals surface area (Å²) in [5.41, 5.74) is 0.253. The molecule has 1 heterocycles. The minimum absolute atomic E-state index is 0.110. The van der Waals surface area contributed by atoms with E-state index in [4.69, 9.17) is 9.47 Å². The molecule has 7 heteroatoms. The van der Waals surface area contributed by atoms with Crippen molar-refractivity contribution in [1.29, 1.82) is 0 Å². The Labute approximate surface area is 121 Å². The molecule has 0 aromatic heterocycles. The molecular weight excluding hydrogens is 282 g/mol. The summed E-state index contributed by atoms with van der Waals surface area (Å²) in [6.45, 7) is 1.62. The maximum Gasteiger partial charge on any atom is 0.250 e. The van der Waals surface area contributed by atoms with Gasteiger partial charge in [0.1, 0.15) is 12.3 Å². The summed E-state index contributed by atoms with van der Waals surface area (Å²) in [5, 5.41) is 2.84. The Morgan fingerprint density at radius 3 is 2.62 bits per heavy atom. The quantitative estimate of drug-likeness (QED) is 0.757. The topological polar surface area (TPSA) is 51.1 Å². The van der Waals surface area contributed by atoms with Gasteiger partial charge >= 0.3 is 0 Å². The molecule has 5 nitrogen and oxygen atoms in total. The van der Waals surface area contributed by atoms with Crippen molar-refractivity contribution in [3.05, 3.63) is 23.1 Å². The second-order valence-electron chi connectivity index (χ2n) is 4.97. The highest BCUT2D eigenvalue weighted by molar-refractivity contribution is 5.51. The first-order valence-corrected chi connectivity index (χ1v) is 6.78. The number of ether oxygens (including phenoxy) is 2. The fourth-order valence-corrected chi connectivity index (χ4v) is 2.22. The molecule has 2 rings (SSSR count). The van der Waals surface area contributed by atoms with Gasteiger partial charge in [0.25, 0.3) is 5.92 Å². The van der Waals surface area contributed by atoms with Crippen molar-refractivity contribution < 1.29 is 18.3 Å². The monoisotopic (exact) mass is 300 g/mol. The SMILES string of the molecule is COc1ccc(N=O)cc1OCCN1CCC(F)(F)CC1. The lowest BCUT2D eigenvalue weighted by atomic mass is 10.1. The lowest BCUT2D eigenvalue weighted by Gasteiger charge is -2.31. The van der Waals surface area contributed by atoms with Gasteiger partial charge in [-0.1, -0.05) is 0 Å². The van der Waals surface area contributed by atoms with E-state index in [1.54, 1.807) is 6.07 Å². The molecule has 0 radical (unpaired) electrons. The number of hydrogen-bond acceptors (Lipinski definition) is 5. The smallest absolute Gasteiger partial charge is 0.250 e. The van der Waals surface area contributed by atoms with E-state index >= 15 is 0 Å². The average molecular weight is 300 g/mol. The Bertz CT molecular complexity index is 487. The number of piperidine rings is 1. The number of likely N-dealkylation sites (tertiary alicyclic amines) is 1. The molecule has 1 aliphatic rings. The average Bonchev–Trinajstić information content (AvgIpc) is 2.48. The van der Waals surface area contributed by atoms with E-state index in [0.717, 1.165) is 0 Å². The van der Waals surface area contributed by atoms with Crippen LogP contribution in [0.2, 0.25) is 0 Å². The number of halogens is 2. The van der Waals surface area contributed by atoms with E-state index in [2.05, 4.69) is 5.18 Å². The number of alkyl halides is 2. The summed E-state index contributed by atoms with van der Waals surface area (Å²) in [4.78, 5) is 12.5. The van der Waals surface area contributed by atoms with Crippen molar-refractivity contribution in [2.24, 2.45) is 5.18 Å². The van der Waals surface area contributed by atoms with Crippen LogP contribution < -0.4 is 9.47 Å². The summed E-state index contributed by atoms with van der Waals surface area (Å²) in [6, 6.07) is 4.63. The van der Waals surface area contributed by atoms with Crippen LogP contribution in [0.5, 0.6) is 11.5 Å². The molecule has 1 fully saturated rings. The zero-order valence-electron chi connectivity index (χ0n) is 11.8. The van der Waals surface area contributed by atoms with Gasteiger partial charge < -0.3 is 9.47 Å². The molecule has 0 atom stereocenters. The summed E-state index contributed by atoms with van der Waals surface area (Å²) >= 11 is 0. The highest BCUT2D eigenvalue weighted by Gasteiger charge is 2.33. The number of rotatable bonds is 6.